The van der Waals surface area contributed by atoms with Crippen LogP contribution in [0.4, 0.5) is 8.78 Å². The summed E-state index contributed by atoms with van der Waals surface area (Å²) in [5, 5.41) is 3.27. The highest BCUT2D eigenvalue weighted by Gasteiger charge is 2.19. The Morgan fingerprint density at radius 2 is 2.00 bits per heavy atom. The van der Waals surface area contributed by atoms with Gasteiger partial charge in [0.25, 0.3) is 0 Å². The standard InChI is InChI=1S/C14H23F2N3/c1-2-11-3-5-12(6-4-11)9-17-10-13-18-7-8-19(13)14(15)16/h7-8,11-12,14,17H,2-6,9-10H2,1H3. The Morgan fingerprint density at radius 3 is 2.63 bits per heavy atom. The van der Waals surface area contributed by atoms with Crippen LogP contribution in [0.15, 0.2) is 12.4 Å². The van der Waals surface area contributed by atoms with Crippen LogP contribution in [-0.4, -0.2) is 16.1 Å². The molecule has 108 valence electrons. The van der Waals surface area contributed by atoms with Gasteiger partial charge in [-0.1, -0.05) is 26.2 Å². The van der Waals surface area contributed by atoms with E-state index in [-0.39, 0.29) is 0 Å². The van der Waals surface area contributed by atoms with E-state index in [2.05, 4.69) is 17.2 Å². The van der Waals surface area contributed by atoms with Gasteiger partial charge in [-0.05, 0) is 31.2 Å². The molecule has 19 heavy (non-hydrogen) atoms. The van der Waals surface area contributed by atoms with Crippen LogP contribution in [0.2, 0.25) is 0 Å². The summed E-state index contributed by atoms with van der Waals surface area (Å²) in [5.41, 5.74) is 0. The van der Waals surface area contributed by atoms with Gasteiger partial charge in [-0.15, -0.1) is 0 Å². The van der Waals surface area contributed by atoms with E-state index in [1.165, 1.54) is 44.5 Å². The molecule has 3 nitrogen and oxygen atoms in total. The van der Waals surface area contributed by atoms with Crippen LogP contribution in [0.25, 0.3) is 0 Å². The summed E-state index contributed by atoms with van der Waals surface area (Å²) in [4.78, 5) is 3.97. The topological polar surface area (TPSA) is 29.9 Å². The molecular weight excluding hydrogens is 248 g/mol. The third kappa shape index (κ3) is 4.00. The van der Waals surface area contributed by atoms with E-state index in [1.807, 2.05) is 0 Å². The predicted octanol–water partition coefficient (Wildman–Crippen LogP) is 3.58. The third-order valence-electron chi connectivity index (χ3n) is 4.22. The second kappa shape index (κ2) is 6.98. The van der Waals surface area contributed by atoms with Gasteiger partial charge in [-0.3, -0.25) is 4.57 Å². The van der Waals surface area contributed by atoms with Crippen LogP contribution in [0.5, 0.6) is 0 Å². The smallest absolute Gasteiger partial charge is 0.310 e. The molecule has 0 spiro atoms. The summed E-state index contributed by atoms with van der Waals surface area (Å²) in [5.74, 6) is 2.00. The second-order valence-electron chi connectivity index (χ2n) is 5.45. The monoisotopic (exact) mass is 271 g/mol. The summed E-state index contributed by atoms with van der Waals surface area (Å²) >= 11 is 0. The first-order chi connectivity index (χ1) is 9.20. The molecule has 1 aromatic rings. The number of aromatic nitrogens is 2. The fraction of sp³-hybridized carbons (Fsp3) is 0.786. The molecule has 1 aliphatic rings. The van der Waals surface area contributed by atoms with E-state index >= 15 is 0 Å². The maximum absolute atomic E-state index is 12.6. The van der Waals surface area contributed by atoms with Crippen molar-refractivity contribution in [2.45, 2.75) is 52.1 Å². The highest BCUT2D eigenvalue weighted by atomic mass is 19.3. The van der Waals surface area contributed by atoms with Gasteiger partial charge < -0.3 is 5.32 Å². The predicted molar refractivity (Wildman–Crippen MR) is 70.9 cm³/mol. The lowest BCUT2D eigenvalue weighted by Gasteiger charge is -2.27. The number of imidazole rings is 1. The molecule has 1 fully saturated rings. The number of nitrogens with one attached hydrogen (secondary N) is 1. The van der Waals surface area contributed by atoms with Crippen molar-refractivity contribution in [3.8, 4) is 0 Å². The molecule has 2 rings (SSSR count). The van der Waals surface area contributed by atoms with Crippen molar-refractivity contribution < 1.29 is 8.78 Å². The van der Waals surface area contributed by atoms with Crippen molar-refractivity contribution in [1.29, 1.82) is 0 Å². The van der Waals surface area contributed by atoms with Gasteiger partial charge in [0.1, 0.15) is 5.82 Å². The van der Waals surface area contributed by atoms with Crippen molar-refractivity contribution >= 4 is 0 Å². The lowest BCUT2D eigenvalue weighted by Crippen LogP contribution is -2.27. The Morgan fingerprint density at radius 1 is 1.32 bits per heavy atom. The van der Waals surface area contributed by atoms with E-state index in [4.69, 9.17) is 0 Å². The molecule has 0 aliphatic heterocycles. The van der Waals surface area contributed by atoms with Gasteiger partial charge >= 0.3 is 6.55 Å². The molecule has 1 N–H and O–H groups in total. The molecule has 1 aromatic heterocycles. The number of rotatable bonds is 6. The molecule has 0 unspecified atom stereocenters. The average molecular weight is 271 g/mol. The third-order valence-corrected chi connectivity index (χ3v) is 4.22. The molecule has 1 heterocycles. The van der Waals surface area contributed by atoms with Crippen LogP contribution in [0, 0.1) is 11.8 Å². The first-order valence-corrected chi connectivity index (χ1v) is 7.21. The Labute approximate surface area is 113 Å². The minimum Gasteiger partial charge on any atom is -0.310 e. The van der Waals surface area contributed by atoms with Crippen molar-refractivity contribution in [3.05, 3.63) is 18.2 Å². The summed E-state index contributed by atoms with van der Waals surface area (Å²) in [6, 6.07) is 0. The van der Waals surface area contributed by atoms with Gasteiger partial charge in [0, 0.05) is 12.4 Å². The van der Waals surface area contributed by atoms with Crippen LogP contribution in [0.3, 0.4) is 0 Å². The Hall–Kier alpha value is -0.970. The first-order valence-electron chi connectivity index (χ1n) is 7.21. The molecule has 0 atom stereocenters. The molecule has 0 aromatic carbocycles. The van der Waals surface area contributed by atoms with Gasteiger partial charge in [-0.2, -0.15) is 8.78 Å². The van der Waals surface area contributed by atoms with Crippen LogP contribution in [0.1, 0.15) is 51.4 Å². The van der Waals surface area contributed by atoms with E-state index in [0.717, 1.165) is 17.0 Å². The summed E-state index contributed by atoms with van der Waals surface area (Å²) in [6.45, 7) is 1.09. The number of hydrogen-bond acceptors (Lipinski definition) is 2. The van der Waals surface area contributed by atoms with Crippen LogP contribution >= 0.6 is 0 Å². The minimum absolute atomic E-state index is 0.414. The Bertz CT molecular complexity index is 371. The van der Waals surface area contributed by atoms with Crippen molar-refractivity contribution in [2.75, 3.05) is 6.54 Å². The van der Waals surface area contributed by atoms with Gasteiger partial charge in [0.15, 0.2) is 0 Å². The second-order valence-corrected chi connectivity index (χ2v) is 5.45. The van der Waals surface area contributed by atoms with Crippen molar-refractivity contribution in [1.82, 2.24) is 14.9 Å². The fourth-order valence-electron chi connectivity index (χ4n) is 2.89. The number of alkyl halides is 2. The van der Waals surface area contributed by atoms with Crippen molar-refractivity contribution in [3.63, 3.8) is 0 Å². The van der Waals surface area contributed by atoms with E-state index < -0.39 is 6.55 Å². The van der Waals surface area contributed by atoms with Gasteiger partial charge in [0.2, 0.25) is 0 Å². The SMILES string of the molecule is CCC1CCC(CNCc2nccn2C(F)F)CC1. The molecule has 5 heteroatoms. The fourth-order valence-corrected chi connectivity index (χ4v) is 2.89. The Balaban J connectivity index is 1.71. The maximum atomic E-state index is 12.6. The quantitative estimate of drug-likeness (QED) is 0.857. The number of halogens is 2. The van der Waals surface area contributed by atoms with E-state index in [1.54, 1.807) is 0 Å². The molecular formula is C14H23F2N3. The van der Waals surface area contributed by atoms with E-state index in [9.17, 15) is 8.78 Å². The zero-order valence-corrected chi connectivity index (χ0v) is 11.5. The van der Waals surface area contributed by atoms with Crippen LogP contribution in [-0.2, 0) is 6.54 Å². The summed E-state index contributed by atoms with van der Waals surface area (Å²) < 4.78 is 26.2. The highest BCUT2D eigenvalue weighted by Crippen LogP contribution is 2.30. The molecule has 0 bridgehead atoms. The first kappa shape index (κ1) is 14.4. The Kier molecular flexibility index (Phi) is 5.31. The average Bonchev–Trinajstić information content (AvgIpc) is 2.88. The van der Waals surface area contributed by atoms with Crippen molar-refractivity contribution in [2.24, 2.45) is 11.8 Å². The summed E-state index contributed by atoms with van der Waals surface area (Å²) in [6.07, 6.45) is 9.18. The number of nitrogens with zero attached hydrogens (tertiary/aromatic N) is 2. The van der Waals surface area contributed by atoms with E-state index in [0.29, 0.717) is 18.3 Å². The molecule has 0 radical (unpaired) electrons. The lowest BCUT2D eigenvalue weighted by molar-refractivity contribution is 0.0665. The lowest BCUT2D eigenvalue weighted by atomic mass is 9.81. The summed E-state index contributed by atoms with van der Waals surface area (Å²) in [7, 11) is 0. The van der Waals surface area contributed by atoms with Gasteiger partial charge in [-0.25, -0.2) is 4.98 Å². The zero-order valence-electron chi connectivity index (χ0n) is 11.5. The van der Waals surface area contributed by atoms with Crippen LogP contribution < -0.4 is 5.32 Å². The van der Waals surface area contributed by atoms with Gasteiger partial charge in [0.05, 0.1) is 6.54 Å². The normalized spacial score (nSPS) is 24.0. The molecule has 0 saturated heterocycles. The molecule has 0 amide bonds. The molecule has 1 aliphatic carbocycles. The minimum atomic E-state index is -2.50. The molecule has 1 saturated carbocycles. The number of hydrogen-bond donors (Lipinski definition) is 1. The maximum Gasteiger partial charge on any atom is 0.319 e. The largest absolute Gasteiger partial charge is 0.319 e. The zero-order chi connectivity index (χ0) is 13.7. The highest BCUT2D eigenvalue weighted by molar-refractivity contribution is 4.92.